The van der Waals surface area contributed by atoms with Gasteiger partial charge in [-0.25, -0.2) is 8.42 Å². The van der Waals surface area contributed by atoms with Crippen LogP contribution in [0.5, 0.6) is 0 Å². The maximum Gasteiger partial charge on any atom is 0.322 e. The molecular formula is C10H17N3O4S. The van der Waals surface area contributed by atoms with E-state index in [0.29, 0.717) is 6.54 Å². The molecule has 2 N–H and O–H groups in total. The Balaban J connectivity index is 2.96. The Morgan fingerprint density at radius 3 is 2.56 bits per heavy atom. The number of sulfonamides is 1. The fourth-order valence-corrected chi connectivity index (χ4v) is 2.65. The van der Waals surface area contributed by atoms with Gasteiger partial charge in [0, 0.05) is 12.7 Å². The van der Waals surface area contributed by atoms with E-state index in [1.54, 1.807) is 13.8 Å². The van der Waals surface area contributed by atoms with Crippen LogP contribution in [0.4, 0.5) is 0 Å². The third-order valence-corrected chi connectivity index (χ3v) is 3.85. The molecule has 0 spiro atoms. The van der Waals surface area contributed by atoms with Gasteiger partial charge in [-0.3, -0.25) is 9.48 Å². The lowest BCUT2D eigenvalue weighted by molar-refractivity contribution is -0.140. The maximum atomic E-state index is 12.0. The van der Waals surface area contributed by atoms with Crippen LogP contribution in [0.15, 0.2) is 17.3 Å². The van der Waals surface area contributed by atoms with Crippen molar-refractivity contribution in [1.82, 2.24) is 14.5 Å². The summed E-state index contributed by atoms with van der Waals surface area (Å²) in [6, 6.07) is -1.15. The lowest BCUT2D eigenvalue weighted by Gasteiger charge is -2.17. The Morgan fingerprint density at radius 1 is 1.56 bits per heavy atom. The van der Waals surface area contributed by atoms with Gasteiger partial charge in [0.05, 0.1) is 6.20 Å². The van der Waals surface area contributed by atoms with Gasteiger partial charge < -0.3 is 5.11 Å². The van der Waals surface area contributed by atoms with Crippen LogP contribution in [0.25, 0.3) is 0 Å². The second-order valence-corrected chi connectivity index (χ2v) is 5.93. The molecule has 0 aromatic carbocycles. The number of carboxylic acids is 1. The molecule has 0 fully saturated rings. The zero-order valence-corrected chi connectivity index (χ0v) is 11.3. The van der Waals surface area contributed by atoms with Crippen molar-refractivity contribution in [3.05, 3.63) is 12.4 Å². The van der Waals surface area contributed by atoms with E-state index < -0.39 is 22.0 Å². The van der Waals surface area contributed by atoms with Crippen molar-refractivity contribution >= 4 is 16.0 Å². The first-order valence-corrected chi connectivity index (χ1v) is 7.03. The summed E-state index contributed by atoms with van der Waals surface area (Å²) in [6.07, 6.45) is 2.56. The summed E-state index contributed by atoms with van der Waals surface area (Å²) in [7, 11) is -3.85. The van der Waals surface area contributed by atoms with Crippen molar-refractivity contribution in [2.75, 3.05) is 0 Å². The number of aryl methyl sites for hydroxylation is 1. The van der Waals surface area contributed by atoms with Crippen molar-refractivity contribution < 1.29 is 18.3 Å². The summed E-state index contributed by atoms with van der Waals surface area (Å²) in [5.74, 6) is -1.55. The van der Waals surface area contributed by atoms with Gasteiger partial charge in [-0.05, 0) is 12.8 Å². The summed E-state index contributed by atoms with van der Waals surface area (Å²) in [5, 5.41) is 12.8. The Kier molecular flexibility index (Phi) is 4.47. The number of aliphatic carboxylic acids is 1. The molecular weight excluding hydrogens is 258 g/mol. The number of hydrogen-bond donors (Lipinski definition) is 2. The van der Waals surface area contributed by atoms with E-state index in [-0.39, 0.29) is 10.8 Å². The number of hydrogen-bond acceptors (Lipinski definition) is 4. The lowest BCUT2D eigenvalue weighted by Crippen LogP contribution is -2.44. The minimum Gasteiger partial charge on any atom is -0.480 e. The van der Waals surface area contributed by atoms with Crippen LogP contribution in [0.3, 0.4) is 0 Å². The van der Waals surface area contributed by atoms with E-state index in [4.69, 9.17) is 5.11 Å². The number of nitrogens with zero attached hydrogens (tertiary/aromatic N) is 2. The average molecular weight is 275 g/mol. The van der Waals surface area contributed by atoms with Gasteiger partial charge in [-0.15, -0.1) is 0 Å². The molecule has 0 amide bonds. The number of carboxylic acid groups (broad SMARTS) is 1. The van der Waals surface area contributed by atoms with Gasteiger partial charge in [-0.2, -0.15) is 9.82 Å². The highest BCUT2D eigenvalue weighted by Gasteiger charge is 2.28. The highest BCUT2D eigenvalue weighted by Crippen LogP contribution is 2.11. The number of aromatic nitrogens is 2. The topological polar surface area (TPSA) is 101 Å². The molecule has 0 saturated carbocycles. The molecule has 18 heavy (non-hydrogen) atoms. The smallest absolute Gasteiger partial charge is 0.322 e. The summed E-state index contributed by atoms with van der Waals surface area (Å²) < 4.78 is 27.5. The van der Waals surface area contributed by atoms with Gasteiger partial charge in [0.15, 0.2) is 0 Å². The van der Waals surface area contributed by atoms with Gasteiger partial charge in [0.2, 0.25) is 10.0 Å². The standard InChI is InChI=1S/C10H17N3O4S/c1-4-13-6-8(5-11-13)18(16,17)12-9(7(2)3)10(14)15/h5-7,9,12H,4H2,1-3H3,(H,14,15)/t9-/m1/s1. The Morgan fingerprint density at radius 2 is 2.17 bits per heavy atom. The molecule has 1 atom stereocenters. The highest BCUT2D eigenvalue weighted by atomic mass is 32.2. The summed E-state index contributed by atoms with van der Waals surface area (Å²) in [5.41, 5.74) is 0. The molecule has 0 radical (unpaired) electrons. The molecule has 0 bridgehead atoms. The quantitative estimate of drug-likeness (QED) is 0.777. The molecule has 7 nitrogen and oxygen atoms in total. The molecule has 1 heterocycles. The fourth-order valence-electron chi connectivity index (χ4n) is 1.36. The van der Waals surface area contributed by atoms with Gasteiger partial charge in [-0.1, -0.05) is 13.8 Å². The second-order valence-electron chi connectivity index (χ2n) is 4.21. The molecule has 1 aromatic rings. The molecule has 8 heteroatoms. The number of rotatable bonds is 6. The Hall–Kier alpha value is -1.41. The van der Waals surface area contributed by atoms with Crippen molar-refractivity contribution in [3.63, 3.8) is 0 Å². The minimum absolute atomic E-state index is 0.0312. The molecule has 1 rings (SSSR count). The fraction of sp³-hybridized carbons (Fsp3) is 0.600. The molecule has 0 unspecified atom stereocenters. The van der Waals surface area contributed by atoms with E-state index in [0.717, 1.165) is 0 Å². The first-order valence-electron chi connectivity index (χ1n) is 5.55. The van der Waals surface area contributed by atoms with E-state index in [1.807, 2.05) is 6.92 Å². The molecule has 0 aliphatic carbocycles. The zero-order chi connectivity index (χ0) is 13.9. The minimum atomic E-state index is -3.85. The van der Waals surface area contributed by atoms with E-state index in [2.05, 4.69) is 9.82 Å². The van der Waals surface area contributed by atoms with Crippen LogP contribution in [-0.4, -0.2) is 35.3 Å². The van der Waals surface area contributed by atoms with Crippen molar-refractivity contribution in [1.29, 1.82) is 0 Å². The van der Waals surface area contributed by atoms with Crippen LogP contribution in [-0.2, 0) is 21.4 Å². The predicted octanol–water partition coefficient (Wildman–Crippen LogP) is 0.290. The van der Waals surface area contributed by atoms with E-state index >= 15 is 0 Å². The third-order valence-electron chi connectivity index (χ3n) is 2.46. The third kappa shape index (κ3) is 3.30. The first-order chi connectivity index (χ1) is 8.27. The average Bonchev–Trinajstić information content (AvgIpc) is 2.74. The van der Waals surface area contributed by atoms with Crippen LogP contribution in [0.1, 0.15) is 20.8 Å². The molecule has 0 aliphatic heterocycles. The molecule has 0 saturated heterocycles. The van der Waals surface area contributed by atoms with Crippen LogP contribution < -0.4 is 4.72 Å². The van der Waals surface area contributed by atoms with Crippen LogP contribution in [0.2, 0.25) is 0 Å². The Labute approximate surface area is 106 Å². The first kappa shape index (κ1) is 14.7. The van der Waals surface area contributed by atoms with Gasteiger partial charge >= 0.3 is 5.97 Å². The largest absolute Gasteiger partial charge is 0.480 e. The zero-order valence-electron chi connectivity index (χ0n) is 10.5. The molecule has 0 aliphatic rings. The normalized spacial score (nSPS) is 13.8. The second kappa shape index (κ2) is 5.49. The van der Waals surface area contributed by atoms with Gasteiger partial charge in [0.25, 0.3) is 0 Å². The maximum absolute atomic E-state index is 12.0. The Bertz CT molecular complexity index is 521. The van der Waals surface area contributed by atoms with Crippen molar-refractivity contribution in [3.8, 4) is 0 Å². The van der Waals surface area contributed by atoms with Crippen molar-refractivity contribution in [2.24, 2.45) is 5.92 Å². The SMILES string of the molecule is CCn1cc(S(=O)(=O)N[C@@H](C(=O)O)C(C)C)cn1. The predicted molar refractivity (Wildman–Crippen MR) is 64.5 cm³/mol. The monoisotopic (exact) mass is 275 g/mol. The molecule has 1 aromatic heterocycles. The molecule has 102 valence electrons. The van der Waals surface area contributed by atoms with Crippen LogP contribution >= 0.6 is 0 Å². The number of carbonyl (C=O) groups is 1. The van der Waals surface area contributed by atoms with Crippen molar-refractivity contribution in [2.45, 2.75) is 38.3 Å². The van der Waals surface area contributed by atoms with Crippen LogP contribution in [0, 0.1) is 5.92 Å². The van der Waals surface area contributed by atoms with E-state index in [1.165, 1.54) is 17.1 Å². The lowest BCUT2D eigenvalue weighted by atomic mass is 10.1. The summed E-state index contributed by atoms with van der Waals surface area (Å²) in [6.45, 7) is 5.64. The summed E-state index contributed by atoms with van der Waals surface area (Å²) >= 11 is 0. The van der Waals surface area contributed by atoms with Gasteiger partial charge in [0.1, 0.15) is 10.9 Å². The van der Waals surface area contributed by atoms with E-state index in [9.17, 15) is 13.2 Å². The highest BCUT2D eigenvalue weighted by molar-refractivity contribution is 7.89. The summed E-state index contributed by atoms with van der Waals surface area (Å²) in [4.78, 5) is 10.9. The number of nitrogens with one attached hydrogen (secondary N) is 1.